The second kappa shape index (κ2) is 7.48. The minimum absolute atomic E-state index is 0.0623. The summed E-state index contributed by atoms with van der Waals surface area (Å²) < 4.78 is 25.1. The maximum Gasteiger partial charge on any atom is 0.343 e. The zero-order chi connectivity index (χ0) is 20.5. The highest BCUT2D eigenvalue weighted by atomic mass is 35.5. The smallest absolute Gasteiger partial charge is 0.343 e. The summed E-state index contributed by atoms with van der Waals surface area (Å²) in [6, 6.07) is 10.3. The van der Waals surface area contributed by atoms with E-state index in [4.69, 9.17) is 21.1 Å². The molecule has 0 saturated heterocycles. The summed E-state index contributed by atoms with van der Waals surface area (Å²) in [5.74, 6) is -1.14. The molecule has 0 radical (unpaired) electrons. The highest BCUT2D eigenvalue weighted by molar-refractivity contribution is 6.32. The molecule has 2 heterocycles. The van der Waals surface area contributed by atoms with Crippen molar-refractivity contribution in [1.29, 1.82) is 0 Å². The van der Waals surface area contributed by atoms with E-state index in [0.29, 0.717) is 16.7 Å². The van der Waals surface area contributed by atoms with Gasteiger partial charge in [-0.2, -0.15) is 0 Å². The van der Waals surface area contributed by atoms with E-state index < -0.39 is 17.6 Å². The third kappa shape index (κ3) is 3.62. The average Bonchev–Trinajstić information content (AvgIpc) is 3.01. The Morgan fingerprint density at radius 2 is 1.97 bits per heavy atom. The second-order valence-corrected chi connectivity index (χ2v) is 6.72. The predicted octanol–water partition coefficient (Wildman–Crippen LogP) is 5.02. The number of aromatic nitrogens is 1. The van der Waals surface area contributed by atoms with Gasteiger partial charge in [-0.15, -0.1) is 0 Å². The normalized spacial score (nSPS) is 13.9. The maximum atomic E-state index is 14.1. The van der Waals surface area contributed by atoms with Gasteiger partial charge < -0.3 is 9.47 Å². The van der Waals surface area contributed by atoms with Crippen molar-refractivity contribution < 1.29 is 23.5 Å². The minimum atomic E-state index is -0.568. The van der Waals surface area contributed by atoms with Gasteiger partial charge in [0.1, 0.15) is 17.3 Å². The Bertz CT molecular complexity index is 1150. The second-order valence-electron chi connectivity index (χ2n) is 6.31. The number of Topliss-reactive ketones (excluding diaryl/α,β-unsaturated/α-hetero) is 1. The number of halogens is 2. The van der Waals surface area contributed by atoms with Gasteiger partial charge in [-0.3, -0.25) is 9.78 Å². The van der Waals surface area contributed by atoms with E-state index in [0.717, 1.165) is 0 Å². The number of ether oxygens (including phenoxy) is 2. The van der Waals surface area contributed by atoms with Crippen molar-refractivity contribution in [2.75, 3.05) is 0 Å². The summed E-state index contributed by atoms with van der Waals surface area (Å²) >= 11 is 6.03. The van der Waals surface area contributed by atoms with Crippen molar-refractivity contribution in [3.8, 4) is 11.5 Å². The Morgan fingerprint density at radius 1 is 1.21 bits per heavy atom. The van der Waals surface area contributed by atoms with Gasteiger partial charge in [0.05, 0.1) is 16.1 Å². The standard InChI is InChI=1S/C22H13ClFNO4/c1-12-9-14(28-22(27)13-5-7-25-8-6-13)10-18-20(12)21(26)19(29-18)11-15-16(23)3-2-4-17(15)24/h2-11H,1H3/b19-11-. The third-order valence-electron chi connectivity index (χ3n) is 4.35. The Labute approximate surface area is 170 Å². The lowest BCUT2D eigenvalue weighted by Crippen LogP contribution is -2.08. The molecule has 3 aromatic rings. The lowest BCUT2D eigenvalue weighted by molar-refractivity contribution is 0.0734. The molecule has 1 aliphatic rings. The van der Waals surface area contributed by atoms with Gasteiger partial charge in [0.2, 0.25) is 5.78 Å². The fourth-order valence-corrected chi connectivity index (χ4v) is 3.19. The molecule has 0 atom stereocenters. The SMILES string of the molecule is Cc1cc(OC(=O)c2ccncc2)cc2c1C(=O)/C(=C/c1c(F)cccc1Cl)O2. The zero-order valence-corrected chi connectivity index (χ0v) is 15.9. The molecule has 1 aliphatic heterocycles. The Hall–Kier alpha value is -3.51. The first-order valence-corrected chi connectivity index (χ1v) is 8.97. The molecule has 0 saturated carbocycles. The van der Waals surface area contributed by atoms with Gasteiger partial charge in [0.25, 0.3) is 0 Å². The molecular formula is C22H13ClFNO4. The molecule has 0 fully saturated rings. The molecule has 4 rings (SSSR count). The van der Waals surface area contributed by atoms with Crippen LogP contribution >= 0.6 is 11.6 Å². The Balaban J connectivity index is 1.65. The molecule has 144 valence electrons. The van der Waals surface area contributed by atoms with E-state index in [1.807, 2.05) is 0 Å². The van der Waals surface area contributed by atoms with Gasteiger partial charge in [0, 0.05) is 24.0 Å². The fourth-order valence-electron chi connectivity index (χ4n) is 2.97. The molecule has 0 bridgehead atoms. The van der Waals surface area contributed by atoms with Gasteiger partial charge in [-0.05, 0) is 48.9 Å². The van der Waals surface area contributed by atoms with E-state index in [1.54, 1.807) is 13.0 Å². The van der Waals surface area contributed by atoms with Crippen molar-refractivity contribution in [2.45, 2.75) is 6.92 Å². The van der Waals surface area contributed by atoms with Crippen LogP contribution in [0.4, 0.5) is 4.39 Å². The van der Waals surface area contributed by atoms with Crippen LogP contribution in [-0.2, 0) is 0 Å². The monoisotopic (exact) mass is 409 g/mol. The molecule has 1 aromatic heterocycles. The molecule has 0 amide bonds. The molecular weight excluding hydrogens is 397 g/mol. The maximum absolute atomic E-state index is 14.1. The number of hydrogen-bond acceptors (Lipinski definition) is 5. The van der Waals surface area contributed by atoms with Gasteiger partial charge in [-0.25, -0.2) is 9.18 Å². The van der Waals surface area contributed by atoms with Crippen molar-refractivity contribution >= 4 is 29.4 Å². The largest absolute Gasteiger partial charge is 0.452 e. The molecule has 0 spiro atoms. The van der Waals surface area contributed by atoms with Crippen LogP contribution in [-0.4, -0.2) is 16.7 Å². The number of esters is 1. The third-order valence-corrected chi connectivity index (χ3v) is 4.67. The first-order chi connectivity index (χ1) is 13.9. The van der Waals surface area contributed by atoms with Crippen LogP contribution in [0.15, 0.2) is 60.6 Å². The zero-order valence-electron chi connectivity index (χ0n) is 15.1. The fraction of sp³-hybridized carbons (Fsp3) is 0.0455. The van der Waals surface area contributed by atoms with Crippen molar-refractivity contribution in [3.63, 3.8) is 0 Å². The van der Waals surface area contributed by atoms with Crippen LogP contribution in [0.3, 0.4) is 0 Å². The lowest BCUT2D eigenvalue weighted by Gasteiger charge is -2.07. The van der Waals surface area contributed by atoms with Crippen LogP contribution in [0.25, 0.3) is 6.08 Å². The van der Waals surface area contributed by atoms with E-state index in [2.05, 4.69) is 4.98 Å². The predicted molar refractivity (Wildman–Crippen MR) is 105 cm³/mol. The summed E-state index contributed by atoms with van der Waals surface area (Å²) in [4.78, 5) is 28.8. The molecule has 0 unspecified atom stereocenters. The van der Waals surface area contributed by atoms with Crippen molar-refractivity contribution in [2.24, 2.45) is 0 Å². The van der Waals surface area contributed by atoms with E-state index in [1.165, 1.54) is 54.9 Å². The molecule has 0 N–H and O–H groups in total. The molecule has 0 aliphatic carbocycles. The van der Waals surface area contributed by atoms with Crippen LogP contribution in [0, 0.1) is 12.7 Å². The first kappa shape index (κ1) is 18.8. The number of carbonyl (C=O) groups excluding carboxylic acids is 2. The number of aryl methyl sites for hydroxylation is 1. The van der Waals surface area contributed by atoms with Crippen molar-refractivity contribution in [3.05, 3.63) is 93.7 Å². The Morgan fingerprint density at radius 3 is 2.69 bits per heavy atom. The quantitative estimate of drug-likeness (QED) is 0.345. The summed E-state index contributed by atoms with van der Waals surface area (Å²) in [5.41, 5.74) is 1.29. The van der Waals surface area contributed by atoms with Crippen molar-refractivity contribution in [1.82, 2.24) is 4.98 Å². The summed E-state index contributed by atoms with van der Waals surface area (Å²) in [7, 11) is 0. The number of rotatable bonds is 3. The van der Waals surface area contributed by atoms with Crippen LogP contribution < -0.4 is 9.47 Å². The highest BCUT2D eigenvalue weighted by Gasteiger charge is 2.31. The number of carbonyl (C=O) groups is 2. The number of fused-ring (bicyclic) bond motifs is 1. The van der Waals surface area contributed by atoms with Gasteiger partial charge in [0.15, 0.2) is 5.76 Å². The number of benzene rings is 2. The summed E-state index contributed by atoms with van der Waals surface area (Å²) in [6.45, 7) is 1.70. The van der Waals surface area contributed by atoms with Crippen LogP contribution in [0.2, 0.25) is 5.02 Å². The number of allylic oxidation sites excluding steroid dienone is 1. The molecule has 29 heavy (non-hydrogen) atoms. The summed E-state index contributed by atoms with van der Waals surface area (Å²) in [6.07, 6.45) is 4.23. The number of nitrogens with zero attached hydrogens (tertiary/aromatic N) is 1. The van der Waals surface area contributed by atoms with E-state index in [-0.39, 0.29) is 27.8 Å². The van der Waals surface area contributed by atoms with Gasteiger partial charge >= 0.3 is 5.97 Å². The summed E-state index contributed by atoms with van der Waals surface area (Å²) in [5, 5.41) is 0.161. The van der Waals surface area contributed by atoms with E-state index >= 15 is 0 Å². The molecule has 2 aromatic carbocycles. The van der Waals surface area contributed by atoms with Gasteiger partial charge in [-0.1, -0.05) is 17.7 Å². The minimum Gasteiger partial charge on any atom is -0.452 e. The van der Waals surface area contributed by atoms with Crippen LogP contribution in [0.5, 0.6) is 11.5 Å². The average molecular weight is 410 g/mol. The Kier molecular flexibility index (Phi) is 4.86. The number of hydrogen-bond donors (Lipinski definition) is 0. The molecule has 7 heteroatoms. The first-order valence-electron chi connectivity index (χ1n) is 8.59. The number of pyridine rings is 1. The van der Waals surface area contributed by atoms with Crippen LogP contribution in [0.1, 0.15) is 31.8 Å². The molecule has 5 nitrogen and oxygen atoms in total. The topological polar surface area (TPSA) is 65.5 Å². The van der Waals surface area contributed by atoms with E-state index in [9.17, 15) is 14.0 Å². The number of ketones is 1. The highest BCUT2D eigenvalue weighted by Crippen LogP contribution is 2.38. The lowest BCUT2D eigenvalue weighted by atomic mass is 10.0.